The molecular weight excluding hydrogens is 226 g/mol. The second kappa shape index (κ2) is 4.69. The predicted octanol–water partition coefficient (Wildman–Crippen LogP) is 3.00. The quantitative estimate of drug-likeness (QED) is 0.816. The lowest BCUT2D eigenvalue weighted by molar-refractivity contribution is -0.275. The number of benzene rings is 1. The highest BCUT2D eigenvalue weighted by Crippen LogP contribution is 2.31. The van der Waals surface area contributed by atoms with Crippen LogP contribution in [-0.2, 0) is 0 Å². The zero-order valence-electron chi connectivity index (χ0n) is 8.73. The van der Waals surface area contributed by atoms with Crippen molar-refractivity contribution in [3.05, 3.63) is 29.6 Å². The van der Waals surface area contributed by atoms with Crippen molar-refractivity contribution in [2.45, 2.75) is 19.3 Å². The van der Waals surface area contributed by atoms with Gasteiger partial charge in [0.2, 0.25) is 0 Å². The Morgan fingerprint density at radius 2 is 1.94 bits per heavy atom. The molecule has 90 valence electrons. The monoisotopic (exact) mass is 237 g/mol. The fourth-order valence-electron chi connectivity index (χ4n) is 1.30. The van der Waals surface area contributed by atoms with Gasteiger partial charge in [-0.15, -0.1) is 13.2 Å². The van der Waals surface area contributed by atoms with E-state index in [0.717, 1.165) is 12.1 Å². The number of nitrogens with one attached hydrogen (secondary N) is 1. The van der Waals surface area contributed by atoms with E-state index in [1.807, 2.05) is 0 Å². The molecule has 1 atom stereocenters. The Morgan fingerprint density at radius 3 is 2.44 bits per heavy atom. The Bertz CT molecular complexity index is 364. The van der Waals surface area contributed by atoms with Gasteiger partial charge in [0.1, 0.15) is 11.6 Å². The van der Waals surface area contributed by atoms with Crippen molar-refractivity contribution in [1.82, 2.24) is 5.32 Å². The van der Waals surface area contributed by atoms with Crippen molar-refractivity contribution < 1.29 is 22.3 Å². The lowest BCUT2D eigenvalue weighted by atomic mass is 10.1. The summed E-state index contributed by atoms with van der Waals surface area (Å²) < 4.78 is 53.3. The van der Waals surface area contributed by atoms with Crippen molar-refractivity contribution in [3.63, 3.8) is 0 Å². The molecule has 6 heteroatoms. The van der Waals surface area contributed by atoms with Gasteiger partial charge in [0.05, 0.1) is 0 Å². The summed E-state index contributed by atoms with van der Waals surface area (Å²) in [5.41, 5.74) is -0.137. The van der Waals surface area contributed by atoms with E-state index < -0.39 is 24.0 Å². The van der Waals surface area contributed by atoms with Gasteiger partial charge >= 0.3 is 6.36 Å². The summed E-state index contributed by atoms with van der Waals surface area (Å²) in [6, 6.07) is 2.77. The lowest BCUT2D eigenvalue weighted by Crippen LogP contribution is -2.21. The average molecular weight is 237 g/mol. The highest BCUT2D eigenvalue weighted by Gasteiger charge is 2.33. The van der Waals surface area contributed by atoms with Crippen LogP contribution in [-0.4, -0.2) is 13.4 Å². The number of ether oxygens (including phenoxy) is 1. The third kappa shape index (κ3) is 3.10. The Kier molecular flexibility index (Phi) is 3.74. The van der Waals surface area contributed by atoms with Gasteiger partial charge in [0.15, 0.2) is 0 Å². The SMILES string of the molecule is CNC(C)c1c(F)cccc1OC(F)(F)F. The second-order valence-electron chi connectivity index (χ2n) is 3.21. The molecule has 0 aliphatic carbocycles. The zero-order valence-corrected chi connectivity index (χ0v) is 8.73. The first-order valence-electron chi connectivity index (χ1n) is 4.56. The first kappa shape index (κ1) is 12.8. The highest BCUT2D eigenvalue weighted by molar-refractivity contribution is 5.37. The second-order valence-corrected chi connectivity index (χ2v) is 3.21. The number of hydrogen-bond acceptors (Lipinski definition) is 2. The third-order valence-electron chi connectivity index (χ3n) is 2.10. The van der Waals surface area contributed by atoms with Crippen LogP contribution in [0.2, 0.25) is 0 Å². The fraction of sp³-hybridized carbons (Fsp3) is 0.400. The van der Waals surface area contributed by atoms with Crippen molar-refractivity contribution in [2.75, 3.05) is 7.05 Å². The molecule has 0 saturated heterocycles. The van der Waals surface area contributed by atoms with Gasteiger partial charge in [0.25, 0.3) is 0 Å². The highest BCUT2D eigenvalue weighted by atomic mass is 19.4. The predicted molar refractivity (Wildman–Crippen MR) is 50.6 cm³/mol. The zero-order chi connectivity index (χ0) is 12.3. The Hall–Kier alpha value is -1.30. The standard InChI is InChI=1S/C10H11F4NO/c1-6(15-2)9-7(11)4-3-5-8(9)16-10(12,13)14/h3-6,15H,1-2H3. The molecule has 0 saturated carbocycles. The molecule has 0 aliphatic heterocycles. The van der Waals surface area contributed by atoms with Crippen LogP contribution in [0.15, 0.2) is 18.2 Å². The van der Waals surface area contributed by atoms with E-state index in [-0.39, 0.29) is 5.56 Å². The van der Waals surface area contributed by atoms with E-state index in [9.17, 15) is 17.6 Å². The van der Waals surface area contributed by atoms with E-state index in [1.54, 1.807) is 6.92 Å². The normalized spacial score (nSPS) is 13.6. The van der Waals surface area contributed by atoms with Gasteiger partial charge in [0, 0.05) is 11.6 Å². The maximum Gasteiger partial charge on any atom is 0.573 e. The van der Waals surface area contributed by atoms with Crippen LogP contribution in [0.4, 0.5) is 17.6 Å². The first-order valence-corrected chi connectivity index (χ1v) is 4.56. The van der Waals surface area contributed by atoms with E-state index in [1.165, 1.54) is 13.1 Å². The summed E-state index contributed by atoms with van der Waals surface area (Å²) in [7, 11) is 1.52. The van der Waals surface area contributed by atoms with E-state index in [0.29, 0.717) is 0 Å². The molecule has 1 N–H and O–H groups in total. The van der Waals surface area contributed by atoms with Gasteiger partial charge in [-0.3, -0.25) is 0 Å². The molecule has 1 rings (SSSR count). The van der Waals surface area contributed by atoms with Crippen LogP contribution in [0.3, 0.4) is 0 Å². The minimum atomic E-state index is -4.82. The molecule has 2 nitrogen and oxygen atoms in total. The van der Waals surface area contributed by atoms with Crippen LogP contribution in [0.1, 0.15) is 18.5 Å². The molecule has 0 radical (unpaired) electrons. The topological polar surface area (TPSA) is 21.3 Å². The first-order chi connectivity index (χ1) is 7.35. The lowest BCUT2D eigenvalue weighted by Gasteiger charge is -2.17. The van der Waals surface area contributed by atoms with Gasteiger partial charge in [-0.1, -0.05) is 6.07 Å². The van der Waals surface area contributed by atoms with Gasteiger partial charge in [-0.25, -0.2) is 4.39 Å². The maximum absolute atomic E-state index is 13.4. The minimum Gasteiger partial charge on any atom is -0.405 e. The smallest absolute Gasteiger partial charge is 0.405 e. The van der Waals surface area contributed by atoms with Crippen LogP contribution in [0.25, 0.3) is 0 Å². The maximum atomic E-state index is 13.4. The van der Waals surface area contributed by atoms with Crippen molar-refractivity contribution in [1.29, 1.82) is 0 Å². The van der Waals surface area contributed by atoms with Crippen molar-refractivity contribution >= 4 is 0 Å². The fourth-order valence-corrected chi connectivity index (χ4v) is 1.30. The molecule has 0 aliphatic rings. The average Bonchev–Trinajstić information content (AvgIpc) is 2.14. The molecule has 0 heterocycles. The molecule has 0 spiro atoms. The van der Waals surface area contributed by atoms with Crippen molar-refractivity contribution in [3.8, 4) is 5.75 Å². The third-order valence-corrected chi connectivity index (χ3v) is 2.10. The van der Waals surface area contributed by atoms with Gasteiger partial charge in [-0.2, -0.15) is 0 Å². The van der Waals surface area contributed by atoms with Crippen molar-refractivity contribution in [2.24, 2.45) is 0 Å². The Balaban J connectivity index is 3.13. The van der Waals surface area contributed by atoms with E-state index in [4.69, 9.17) is 0 Å². The van der Waals surface area contributed by atoms with Crippen LogP contribution in [0, 0.1) is 5.82 Å². The Morgan fingerprint density at radius 1 is 1.31 bits per heavy atom. The minimum absolute atomic E-state index is 0.137. The summed E-state index contributed by atoms with van der Waals surface area (Å²) in [6.07, 6.45) is -4.82. The van der Waals surface area contributed by atoms with E-state index >= 15 is 0 Å². The number of halogens is 4. The van der Waals surface area contributed by atoms with Crippen LogP contribution in [0.5, 0.6) is 5.75 Å². The summed E-state index contributed by atoms with van der Waals surface area (Å²) >= 11 is 0. The largest absolute Gasteiger partial charge is 0.573 e. The Labute approximate surface area is 90.2 Å². The summed E-state index contributed by atoms with van der Waals surface area (Å²) in [4.78, 5) is 0. The van der Waals surface area contributed by atoms with Gasteiger partial charge < -0.3 is 10.1 Å². The molecule has 1 unspecified atom stereocenters. The molecule has 0 fully saturated rings. The number of alkyl halides is 3. The molecular formula is C10H11F4NO. The summed E-state index contributed by atoms with van der Waals surface area (Å²) in [5, 5.41) is 2.66. The number of hydrogen-bond donors (Lipinski definition) is 1. The number of rotatable bonds is 3. The van der Waals surface area contributed by atoms with E-state index in [2.05, 4.69) is 10.1 Å². The van der Waals surface area contributed by atoms with Crippen LogP contribution >= 0.6 is 0 Å². The summed E-state index contributed by atoms with van der Waals surface area (Å²) in [6.45, 7) is 1.54. The molecule has 1 aromatic rings. The van der Waals surface area contributed by atoms with Gasteiger partial charge in [-0.05, 0) is 26.1 Å². The molecule has 0 amide bonds. The summed E-state index contributed by atoms with van der Waals surface area (Å²) in [5.74, 6) is -1.25. The van der Waals surface area contributed by atoms with Crippen LogP contribution < -0.4 is 10.1 Å². The molecule has 1 aromatic carbocycles. The molecule has 16 heavy (non-hydrogen) atoms. The molecule has 0 aromatic heterocycles. The molecule has 0 bridgehead atoms.